The fraction of sp³-hybridized carbons (Fsp3) is 0.977. The van der Waals surface area contributed by atoms with Gasteiger partial charge < -0.3 is 24.6 Å². The van der Waals surface area contributed by atoms with Crippen LogP contribution in [0.1, 0.15) is 232 Å². The van der Waals surface area contributed by atoms with Crippen molar-refractivity contribution in [3.05, 3.63) is 0 Å². The fourth-order valence-electron chi connectivity index (χ4n) is 6.77. The highest BCUT2D eigenvalue weighted by molar-refractivity contribution is 7.47. The maximum Gasteiger partial charge on any atom is 0.472 e. The summed E-state index contributed by atoms with van der Waals surface area (Å²) >= 11 is 0. The van der Waals surface area contributed by atoms with Gasteiger partial charge in [-0.25, -0.2) is 4.57 Å². The zero-order valence-corrected chi connectivity index (χ0v) is 36.4. The molecule has 0 spiro atoms. The number of aliphatic hydroxyl groups excluding tert-OH is 2. The van der Waals surface area contributed by atoms with Crippen molar-refractivity contribution in [3.8, 4) is 0 Å². The zero-order chi connectivity index (χ0) is 39.6. The molecule has 54 heavy (non-hydrogen) atoms. The molecular formula is C44H89O9P. The Morgan fingerprint density at radius 1 is 0.500 bits per heavy atom. The van der Waals surface area contributed by atoms with Gasteiger partial charge in [0.25, 0.3) is 0 Å². The van der Waals surface area contributed by atoms with Gasteiger partial charge in [-0.05, 0) is 12.8 Å². The normalized spacial score (nSPS) is 13.9. The first-order chi connectivity index (χ1) is 26.3. The van der Waals surface area contributed by atoms with Crippen LogP contribution >= 0.6 is 7.82 Å². The minimum Gasteiger partial charge on any atom is -0.457 e. The third-order valence-corrected chi connectivity index (χ3v) is 11.2. The number of hydrogen-bond donors (Lipinski definition) is 3. The Balaban J connectivity index is 4.08. The van der Waals surface area contributed by atoms with Crippen LogP contribution in [0.15, 0.2) is 0 Å². The van der Waals surface area contributed by atoms with Gasteiger partial charge in [0.15, 0.2) is 0 Å². The van der Waals surface area contributed by atoms with Crippen LogP contribution in [-0.2, 0) is 27.9 Å². The number of aliphatic hydroxyl groups is 2. The minimum absolute atomic E-state index is 0.0583. The van der Waals surface area contributed by atoms with Gasteiger partial charge in [0, 0.05) is 13.0 Å². The highest BCUT2D eigenvalue weighted by atomic mass is 31.2. The maximum atomic E-state index is 12.6. The van der Waals surface area contributed by atoms with Gasteiger partial charge in [0.2, 0.25) is 0 Å². The Bertz CT molecular complexity index is 815. The van der Waals surface area contributed by atoms with E-state index in [1.807, 2.05) is 0 Å². The van der Waals surface area contributed by atoms with Crippen LogP contribution in [0.2, 0.25) is 0 Å². The van der Waals surface area contributed by atoms with Crippen molar-refractivity contribution in [1.82, 2.24) is 0 Å². The summed E-state index contributed by atoms with van der Waals surface area (Å²) in [7, 11) is -4.51. The molecular weight excluding hydrogens is 703 g/mol. The smallest absolute Gasteiger partial charge is 0.457 e. The highest BCUT2D eigenvalue weighted by Gasteiger charge is 2.26. The molecule has 0 radical (unpaired) electrons. The lowest BCUT2D eigenvalue weighted by Gasteiger charge is -2.20. The molecule has 3 N–H and O–H groups in total. The molecule has 0 aromatic rings. The summed E-state index contributed by atoms with van der Waals surface area (Å²) in [5.41, 5.74) is 0. The molecule has 1 unspecified atom stereocenters. The van der Waals surface area contributed by atoms with E-state index in [9.17, 15) is 19.4 Å². The summed E-state index contributed by atoms with van der Waals surface area (Å²) in [5, 5.41) is 18.4. The van der Waals surface area contributed by atoms with E-state index >= 15 is 0 Å². The Morgan fingerprint density at radius 3 is 1.20 bits per heavy atom. The first-order valence-electron chi connectivity index (χ1n) is 23.0. The number of phosphoric acid groups is 1. The Kier molecular flexibility index (Phi) is 41.7. The quantitative estimate of drug-likeness (QED) is 0.0313. The lowest BCUT2D eigenvalue weighted by Crippen LogP contribution is -2.29. The number of unbranched alkanes of at least 4 members (excludes halogenated alkanes) is 31. The number of ether oxygens (including phenoxy) is 2. The zero-order valence-electron chi connectivity index (χ0n) is 35.5. The van der Waals surface area contributed by atoms with Crippen molar-refractivity contribution in [3.63, 3.8) is 0 Å². The summed E-state index contributed by atoms with van der Waals surface area (Å²) < 4.78 is 33.4. The van der Waals surface area contributed by atoms with Crippen molar-refractivity contribution in [2.24, 2.45) is 0 Å². The molecule has 0 rings (SSSR count). The molecule has 0 heterocycles. The van der Waals surface area contributed by atoms with Gasteiger partial charge in [-0.15, -0.1) is 0 Å². The van der Waals surface area contributed by atoms with Crippen LogP contribution in [0.25, 0.3) is 0 Å². The summed E-state index contributed by atoms with van der Waals surface area (Å²) in [6, 6.07) is 0. The van der Waals surface area contributed by atoms with Crippen molar-refractivity contribution in [2.45, 2.75) is 244 Å². The van der Waals surface area contributed by atoms with Gasteiger partial charge in [0.05, 0.1) is 26.4 Å². The van der Waals surface area contributed by atoms with E-state index in [2.05, 4.69) is 13.8 Å². The molecule has 0 saturated heterocycles. The molecule has 0 aliphatic heterocycles. The molecule has 0 aliphatic rings. The molecule has 0 aliphatic carbocycles. The van der Waals surface area contributed by atoms with E-state index in [0.29, 0.717) is 6.61 Å². The Morgan fingerprint density at radius 2 is 0.833 bits per heavy atom. The van der Waals surface area contributed by atoms with Crippen molar-refractivity contribution >= 4 is 13.8 Å². The first kappa shape index (κ1) is 53.5. The van der Waals surface area contributed by atoms with Crippen LogP contribution in [-0.4, -0.2) is 66.3 Å². The van der Waals surface area contributed by atoms with Gasteiger partial charge >= 0.3 is 13.8 Å². The van der Waals surface area contributed by atoms with E-state index in [4.69, 9.17) is 23.6 Å². The molecule has 0 saturated carbocycles. The molecule has 9 nitrogen and oxygen atoms in total. The Labute approximate surface area is 333 Å². The van der Waals surface area contributed by atoms with Gasteiger partial charge in [-0.1, -0.05) is 213 Å². The summed E-state index contributed by atoms with van der Waals surface area (Å²) in [5.74, 6) is -0.375. The SMILES string of the molecule is CCCCCCCCCCCCCCCCCCCC(=O)O[C@H](COCCCCCCCCCCCCCCCCCC)COP(=O)(O)OC[C@@H](O)CO. The number of phosphoric ester groups is 1. The number of hydrogen-bond acceptors (Lipinski definition) is 8. The predicted molar refractivity (Wildman–Crippen MR) is 224 cm³/mol. The average Bonchev–Trinajstić information content (AvgIpc) is 3.16. The van der Waals surface area contributed by atoms with Gasteiger partial charge in [-0.2, -0.15) is 0 Å². The van der Waals surface area contributed by atoms with Crippen LogP contribution in [0.3, 0.4) is 0 Å². The lowest BCUT2D eigenvalue weighted by atomic mass is 10.0. The van der Waals surface area contributed by atoms with E-state index in [-0.39, 0.29) is 25.6 Å². The van der Waals surface area contributed by atoms with Gasteiger partial charge in [-0.3, -0.25) is 13.8 Å². The minimum atomic E-state index is -4.51. The second kappa shape index (κ2) is 42.1. The van der Waals surface area contributed by atoms with Crippen LogP contribution < -0.4 is 0 Å². The first-order valence-corrected chi connectivity index (χ1v) is 24.5. The number of esters is 1. The van der Waals surface area contributed by atoms with E-state index in [1.165, 1.54) is 180 Å². The predicted octanol–water partition coefficient (Wildman–Crippen LogP) is 12.7. The summed E-state index contributed by atoms with van der Waals surface area (Å²) in [4.78, 5) is 22.6. The molecule has 0 aromatic heterocycles. The van der Waals surface area contributed by atoms with Crippen LogP contribution in [0, 0.1) is 0 Å². The van der Waals surface area contributed by atoms with Crippen molar-refractivity contribution < 1.29 is 43.0 Å². The molecule has 0 fully saturated rings. The van der Waals surface area contributed by atoms with E-state index in [0.717, 1.165) is 32.1 Å². The largest absolute Gasteiger partial charge is 0.472 e. The van der Waals surface area contributed by atoms with Gasteiger partial charge in [0.1, 0.15) is 12.2 Å². The Hall–Kier alpha value is -0.540. The van der Waals surface area contributed by atoms with Crippen LogP contribution in [0.5, 0.6) is 0 Å². The molecule has 324 valence electrons. The third kappa shape index (κ3) is 41.1. The third-order valence-electron chi connectivity index (χ3n) is 10.3. The van der Waals surface area contributed by atoms with E-state index < -0.39 is 33.2 Å². The second-order valence-electron chi connectivity index (χ2n) is 15.8. The summed E-state index contributed by atoms with van der Waals surface area (Å²) in [6.45, 7) is 3.59. The van der Waals surface area contributed by atoms with Crippen LogP contribution in [0.4, 0.5) is 0 Å². The standard InChI is InChI=1S/C44H89O9P/c1-3-5-7-9-11-13-15-17-19-21-22-24-26-28-30-32-34-36-44(47)53-43(41-52-54(48,49)51-39-42(46)38-45)40-50-37-35-33-31-29-27-25-23-20-18-16-14-12-10-8-6-4-2/h42-43,45-46H,3-41H2,1-2H3,(H,48,49)/t42-,43+/m0/s1. The van der Waals surface area contributed by atoms with E-state index in [1.54, 1.807) is 0 Å². The molecule has 10 heteroatoms. The number of rotatable bonds is 45. The fourth-order valence-corrected chi connectivity index (χ4v) is 7.56. The molecule has 3 atom stereocenters. The van der Waals surface area contributed by atoms with Crippen molar-refractivity contribution in [1.29, 1.82) is 0 Å². The van der Waals surface area contributed by atoms with Crippen molar-refractivity contribution in [2.75, 3.05) is 33.0 Å². The second-order valence-corrected chi connectivity index (χ2v) is 17.2. The maximum absolute atomic E-state index is 12.6. The average molecular weight is 793 g/mol. The monoisotopic (exact) mass is 793 g/mol. The molecule has 0 bridgehead atoms. The number of carbonyl (C=O) groups is 1. The number of carbonyl (C=O) groups excluding carboxylic acids is 1. The highest BCUT2D eigenvalue weighted by Crippen LogP contribution is 2.43. The lowest BCUT2D eigenvalue weighted by molar-refractivity contribution is -0.154. The summed E-state index contributed by atoms with van der Waals surface area (Å²) in [6.07, 6.45) is 40.6. The molecule has 0 aromatic carbocycles. The molecule has 0 amide bonds. The topological polar surface area (TPSA) is 132 Å².